The van der Waals surface area contributed by atoms with Crippen LogP contribution >= 0.6 is 0 Å². The first-order valence-corrected chi connectivity index (χ1v) is 11.2. The lowest BCUT2D eigenvalue weighted by atomic mass is 9.94. The predicted octanol–water partition coefficient (Wildman–Crippen LogP) is 3.48. The van der Waals surface area contributed by atoms with Crippen LogP contribution in [0.15, 0.2) is 42.7 Å². The van der Waals surface area contributed by atoms with Gasteiger partial charge >= 0.3 is 6.16 Å². The van der Waals surface area contributed by atoms with Gasteiger partial charge in [0.1, 0.15) is 11.4 Å². The molecule has 0 spiro atoms. The first-order valence-electron chi connectivity index (χ1n) is 11.2. The van der Waals surface area contributed by atoms with Crippen molar-refractivity contribution in [2.45, 2.75) is 57.8 Å². The van der Waals surface area contributed by atoms with Gasteiger partial charge in [-0.2, -0.15) is 0 Å². The van der Waals surface area contributed by atoms with E-state index in [4.69, 9.17) is 19.0 Å². The third-order valence-electron chi connectivity index (χ3n) is 4.93. The molecular formula is C24H33N3O6. The highest BCUT2D eigenvalue weighted by molar-refractivity contribution is 5.60. The number of aliphatic hydroxyl groups is 1. The second kappa shape index (κ2) is 11.9. The Kier molecular flexibility index (Phi) is 8.99. The molecule has 3 rings (SSSR count). The monoisotopic (exact) mass is 459 g/mol. The molecule has 180 valence electrons. The Morgan fingerprint density at radius 1 is 1.15 bits per heavy atom. The summed E-state index contributed by atoms with van der Waals surface area (Å²) in [6.07, 6.45) is 2.98. The summed E-state index contributed by atoms with van der Waals surface area (Å²) in [7, 11) is 0. The van der Waals surface area contributed by atoms with Crippen molar-refractivity contribution in [1.29, 1.82) is 0 Å². The summed E-state index contributed by atoms with van der Waals surface area (Å²) in [4.78, 5) is 25.7. The second-order valence-electron chi connectivity index (χ2n) is 8.92. The number of rotatable bonds is 9. The van der Waals surface area contributed by atoms with Crippen LogP contribution in [0.2, 0.25) is 0 Å². The Balaban J connectivity index is 1.36. The van der Waals surface area contributed by atoms with E-state index in [0.29, 0.717) is 44.4 Å². The Bertz CT molecular complexity index is 857. The number of carbonyl (C=O) groups excluding carboxylic acids is 1. The number of aliphatic hydroxyl groups excluding tert-OH is 1. The maximum absolute atomic E-state index is 11.8. The van der Waals surface area contributed by atoms with Crippen molar-refractivity contribution in [3.8, 4) is 5.75 Å². The zero-order valence-electron chi connectivity index (χ0n) is 19.5. The lowest BCUT2D eigenvalue weighted by Crippen LogP contribution is -2.44. The van der Waals surface area contributed by atoms with Crippen molar-refractivity contribution >= 4 is 6.16 Å². The summed E-state index contributed by atoms with van der Waals surface area (Å²) < 4.78 is 16.5. The van der Waals surface area contributed by atoms with Gasteiger partial charge in [0.05, 0.1) is 44.9 Å². The van der Waals surface area contributed by atoms with E-state index in [1.165, 1.54) is 5.06 Å². The van der Waals surface area contributed by atoms with Crippen molar-refractivity contribution in [1.82, 2.24) is 15.0 Å². The molecule has 2 unspecified atom stereocenters. The predicted molar refractivity (Wildman–Crippen MR) is 120 cm³/mol. The van der Waals surface area contributed by atoms with Crippen LogP contribution in [0.1, 0.15) is 50.9 Å². The van der Waals surface area contributed by atoms with Crippen LogP contribution in [0.4, 0.5) is 4.79 Å². The topological polar surface area (TPSA) is 103 Å². The molecule has 1 aliphatic rings. The second-order valence-corrected chi connectivity index (χ2v) is 8.92. The summed E-state index contributed by atoms with van der Waals surface area (Å²) in [5.41, 5.74) is 0.507. The molecule has 2 atom stereocenters. The molecule has 0 saturated carbocycles. The molecule has 2 heterocycles. The molecular weight excluding hydrogens is 426 g/mol. The molecule has 1 saturated heterocycles. The van der Waals surface area contributed by atoms with E-state index in [1.54, 1.807) is 33.2 Å². The normalized spacial score (nSPS) is 19.2. The van der Waals surface area contributed by atoms with Crippen molar-refractivity contribution in [2.24, 2.45) is 0 Å². The minimum Gasteiger partial charge on any atom is -0.490 e. The number of ether oxygens (including phenoxy) is 3. The lowest BCUT2D eigenvalue weighted by molar-refractivity contribution is -0.170. The smallest absolute Gasteiger partial charge is 0.490 e. The maximum atomic E-state index is 11.8. The number of aromatic nitrogens is 2. The number of hydrogen-bond donors (Lipinski definition) is 1. The third-order valence-corrected chi connectivity index (χ3v) is 4.93. The molecule has 1 N–H and O–H groups in total. The fourth-order valence-electron chi connectivity index (χ4n) is 3.37. The molecule has 0 aliphatic carbocycles. The van der Waals surface area contributed by atoms with Gasteiger partial charge in [0, 0.05) is 18.9 Å². The minimum atomic E-state index is -0.781. The van der Waals surface area contributed by atoms with E-state index in [1.807, 2.05) is 30.3 Å². The van der Waals surface area contributed by atoms with Gasteiger partial charge in [-0.25, -0.2) is 14.8 Å². The highest BCUT2D eigenvalue weighted by Crippen LogP contribution is 2.27. The van der Waals surface area contributed by atoms with Gasteiger partial charge in [0.2, 0.25) is 0 Å². The van der Waals surface area contributed by atoms with Crippen molar-refractivity contribution in [3.63, 3.8) is 0 Å². The number of benzene rings is 1. The maximum Gasteiger partial charge on any atom is 0.528 e. The van der Waals surface area contributed by atoms with Gasteiger partial charge < -0.3 is 24.2 Å². The SMILES string of the molecule is CC(C)(C)OC(=O)ON1CCC(c2ncc(OCCCOCc3ccccc3)cn2)C(O)C1. The Morgan fingerprint density at radius 3 is 2.55 bits per heavy atom. The van der Waals surface area contributed by atoms with Crippen LogP contribution in [0.5, 0.6) is 5.75 Å². The lowest BCUT2D eigenvalue weighted by Gasteiger charge is -2.33. The fraction of sp³-hybridized carbons (Fsp3) is 0.542. The average molecular weight is 460 g/mol. The third kappa shape index (κ3) is 8.60. The zero-order chi connectivity index (χ0) is 23.7. The Hall–Kier alpha value is -2.75. The van der Waals surface area contributed by atoms with E-state index in [-0.39, 0.29) is 12.5 Å². The molecule has 9 heteroatoms. The van der Waals surface area contributed by atoms with E-state index in [0.717, 1.165) is 12.0 Å². The van der Waals surface area contributed by atoms with Crippen molar-refractivity contribution < 1.29 is 28.9 Å². The van der Waals surface area contributed by atoms with Crippen LogP contribution in [-0.4, -0.2) is 64.3 Å². The van der Waals surface area contributed by atoms with E-state index >= 15 is 0 Å². The van der Waals surface area contributed by atoms with Crippen LogP contribution in [0.3, 0.4) is 0 Å². The van der Waals surface area contributed by atoms with Gasteiger partial charge in [-0.3, -0.25) is 0 Å². The molecule has 1 aromatic heterocycles. The number of hydroxylamine groups is 2. The number of β-amino-alcohol motifs (C(OH)–C–C–N with tert-alkyl or cyclic N) is 1. The highest BCUT2D eigenvalue weighted by Gasteiger charge is 2.33. The molecule has 1 aromatic carbocycles. The quantitative estimate of drug-likeness (QED) is 0.446. The van der Waals surface area contributed by atoms with Crippen LogP contribution in [0.25, 0.3) is 0 Å². The molecule has 0 radical (unpaired) electrons. The van der Waals surface area contributed by atoms with Crippen LogP contribution in [0, 0.1) is 0 Å². The van der Waals surface area contributed by atoms with Crippen molar-refractivity contribution in [2.75, 3.05) is 26.3 Å². The van der Waals surface area contributed by atoms with Crippen LogP contribution in [-0.2, 0) is 20.9 Å². The van der Waals surface area contributed by atoms with Gasteiger partial charge in [0.25, 0.3) is 0 Å². The molecule has 33 heavy (non-hydrogen) atoms. The van der Waals surface area contributed by atoms with Crippen molar-refractivity contribution in [3.05, 3.63) is 54.1 Å². The fourth-order valence-corrected chi connectivity index (χ4v) is 3.37. The molecule has 0 amide bonds. The average Bonchev–Trinajstić information content (AvgIpc) is 2.76. The molecule has 0 bridgehead atoms. The summed E-state index contributed by atoms with van der Waals surface area (Å²) in [5.74, 6) is 0.865. The van der Waals surface area contributed by atoms with Gasteiger partial charge in [-0.1, -0.05) is 30.3 Å². The standard InChI is InChI=1S/C24H33N3O6/c1-24(2,3)32-23(29)33-27-11-10-20(21(28)16-27)22-25-14-19(15-26-22)31-13-7-12-30-17-18-8-5-4-6-9-18/h4-6,8-9,14-15,20-21,28H,7,10-13,16-17H2,1-3H3. The number of nitrogens with zero attached hydrogens (tertiary/aromatic N) is 3. The molecule has 1 aliphatic heterocycles. The summed E-state index contributed by atoms with van der Waals surface area (Å²) >= 11 is 0. The summed E-state index contributed by atoms with van der Waals surface area (Å²) in [6, 6.07) is 10.0. The Labute approximate surface area is 194 Å². The Morgan fingerprint density at radius 2 is 1.88 bits per heavy atom. The van der Waals surface area contributed by atoms with Gasteiger partial charge in [0.15, 0.2) is 5.75 Å². The van der Waals surface area contributed by atoms with E-state index in [9.17, 15) is 9.90 Å². The number of carbonyl (C=O) groups is 1. The number of hydrogen-bond acceptors (Lipinski definition) is 9. The molecule has 2 aromatic rings. The van der Waals surface area contributed by atoms with Gasteiger partial charge in [-0.05, 0) is 32.8 Å². The van der Waals surface area contributed by atoms with Gasteiger partial charge in [-0.15, -0.1) is 5.06 Å². The molecule has 9 nitrogen and oxygen atoms in total. The number of piperidine rings is 1. The molecule has 1 fully saturated rings. The first-order chi connectivity index (χ1) is 15.8. The highest BCUT2D eigenvalue weighted by atomic mass is 16.8. The minimum absolute atomic E-state index is 0.161. The van der Waals surface area contributed by atoms with E-state index in [2.05, 4.69) is 9.97 Å². The van der Waals surface area contributed by atoms with Crippen LogP contribution < -0.4 is 4.74 Å². The zero-order valence-corrected chi connectivity index (χ0v) is 19.5. The summed E-state index contributed by atoms with van der Waals surface area (Å²) in [5, 5.41) is 11.9. The largest absolute Gasteiger partial charge is 0.528 e. The summed E-state index contributed by atoms with van der Waals surface area (Å²) in [6.45, 7) is 7.59. The first kappa shape index (κ1) is 24.9. The van der Waals surface area contributed by atoms with E-state index < -0.39 is 17.9 Å².